The van der Waals surface area contributed by atoms with Crippen LogP contribution in [0.3, 0.4) is 0 Å². The molecule has 4 aromatic heterocycles. The highest BCUT2D eigenvalue weighted by atomic mass is 35.5. The van der Waals surface area contributed by atoms with Crippen LogP contribution in [0.2, 0.25) is 0 Å². The summed E-state index contributed by atoms with van der Waals surface area (Å²) in [4.78, 5) is 38.5. The van der Waals surface area contributed by atoms with Crippen LogP contribution in [0.5, 0.6) is 23.5 Å². The fourth-order valence-corrected chi connectivity index (χ4v) is 5.88. The first-order valence-electron chi connectivity index (χ1n) is 16.5. The van der Waals surface area contributed by atoms with Crippen molar-refractivity contribution in [3.8, 4) is 23.5 Å². The molecular formula is C34H31ClF4N10O4. The van der Waals surface area contributed by atoms with Crippen LogP contribution in [0.25, 0.3) is 22.1 Å². The Kier molecular flexibility index (Phi) is 11.6. The average Bonchev–Trinajstić information content (AvgIpc) is 3.97. The van der Waals surface area contributed by atoms with Crippen molar-refractivity contribution in [2.24, 2.45) is 11.8 Å². The lowest BCUT2D eigenvalue weighted by Crippen LogP contribution is -2.20. The van der Waals surface area contributed by atoms with E-state index in [0.717, 1.165) is 62.8 Å². The largest absolute Gasteiger partial charge is 0.421 e. The Balaban J connectivity index is 0.000000155. The zero-order valence-electron chi connectivity index (χ0n) is 27.7. The summed E-state index contributed by atoms with van der Waals surface area (Å²) in [6, 6.07) is 5.62. The van der Waals surface area contributed by atoms with E-state index in [0.29, 0.717) is 40.2 Å². The summed E-state index contributed by atoms with van der Waals surface area (Å²) in [6.07, 6.45) is 11.1. The number of nitrogens with zero attached hydrogens (tertiary/aromatic N) is 6. The minimum absolute atomic E-state index is 0.0123. The molecule has 2 aliphatic carbocycles. The zero-order valence-corrected chi connectivity index (χ0v) is 28.5. The standard InChI is InChI=1S/C17H15F2N5O2.C11H7F2N5O.C6H9ClO/c18-10-5-6-13(12(19)7-10)26-17-20-8-11-14(23-24-15(11)22-17)21-16(25)9-3-1-2-4-9;12-5-1-2-8(7(13)3-5)19-11-15-4-6-9(14)17-18-10(6)16-11;7-6(8)5-3-1-2-4-5/h5-9H,1-4H2,(H2,20,21,22,23,24,25);1-4H,(H3,14,15,16,17,18);5H,1-4H2. The van der Waals surface area contributed by atoms with Gasteiger partial charge in [0.05, 0.1) is 10.8 Å². The fourth-order valence-electron chi connectivity index (χ4n) is 5.67. The van der Waals surface area contributed by atoms with Gasteiger partial charge in [0.1, 0.15) is 23.3 Å². The normalized spacial score (nSPS) is 14.4. The molecule has 2 aromatic carbocycles. The highest BCUT2D eigenvalue weighted by Gasteiger charge is 2.24. The van der Waals surface area contributed by atoms with Crippen molar-refractivity contribution in [3.05, 3.63) is 72.1 Å². The molecule has 0 radical (unpaired) electrons. The molecule has 0 atom stereocenters. The predicted molar refractivity (Wildman–Crippen MR) is 184 cm³/mol. The van der Waals surface area contributed by atoms with Gasteiger partial charge in [0.25, 0.3) is 0 Å². The van der Waals surface area contributed by atoms with Gasteiger partial charge in [0.15, 0.2) is 34.4 Å². The number of hydrogen-bond donors (Lipinski definition) is 4. The van der Waals surface area contributed by atoms with Crippen molar-refractivity contribution in [3.63, 3.8) is 0 Å². The lowest BCUT2D eigenvalue weighted by Gasteiger charge is -2.08. The molecule has 14 nitrogen and oxygen atoms in total. The topological polar surface area (TPSA) is 200 Å². The Morgan fingerprint density at radius 2 is 1.23 bits per heavy atom. The van der Waals surface area contributed by atoms with E-state index < -0.39 is 23.3 Å². The van der Waals surface area contributed by atoms with E-state index in [4.69, 9.17) is 26.8 Å². The van der Waals surface area contributed by atoms with Crippen LogP contribution < -0.4 is 20.5 Å². The number of nitrogen functional groups attached to an aromatic ring is 1. The van der Waals surface area contributed by atoms with Gasteiger partial charge in [-0.3, -0.25) is 19.8 Å². The van der Waals surface area contributed by atoms with Crippen LogP contribution in [0.15, 0.2) is 48.8 Å². The van der Waals surface area contributed by atoms with Crippen LogP contribution in [0.1, 0.15) is 51.4 Å². The molecule has 0 spiro atoms. The second-order valence-electron chi connectivity index (χ2n) is 12.1. The number of benzene rings is 2. The molecular weight excluding hydrogens is 724 g/mol. The minimum Gasteiger partial charge on any atom is -0.421 e. The van der Waals surface area contributed by atoms with Crippen LogP contribution in [0.4, 0.5) is 29.2 Å². The number of amides is 1. The first-order chi connectivity index (χ1) is 25.5. The summed E-state index contributed by atoms with van der Waals surface area (Å²) in [6.45, 7) is 0. The van der Waals surface area contributed by atoms with Gasteiger partial charge in [0, 0.05) is 36.4 Å². The van der Waals surface area contributed by atoms with Gasteiger partial charge in [0.2, 0.25) is 11.1 Å². The van der Waals surface area contributed by atoms with Gasteiger partial charge in [-0.2, -0.15) is 20.2 Å². The van der Waals surface area contributed by atoms with E-state index in [1.165, 1.54) is 25.2 Å². The minimum atomic E-state index is -0.861. The lowest BCUT2D eigenvalue weighted by atomic mass is 10.1. The maximum absolute atomic E-state index is 13.7. The Hall–Kier alpha value is -5.91. The molecule has 0 aliphatic heterocycles. The number of H-pyrrole nitrogens is 2. The number of ether oxygens (including phenoxy) is 2. The summed E-state index contributed by atoms with van der Waals surface area (Å²) in [5.41, 5.74) is 6.14. The Morgan fingerprint density at radius 1 is 0.736 bits per heavy atom. The number of hydrogen-bond acceptors (Lipinski definition) is 11. The monoisotopic (exact) mass is 754 g/mol. The second kappa shape index (κ2) is 16.6. The Labute approximate surface area is 302 Å². The molecule has 53 heavy (non-hydrogen) atoms. The number of rotatable bonds is 7. The maximum atomic E-state index is 13.7. The molecule has 276 valence electrons. The maximum Gasteiger partial charge on any atom is 0.324 e. The van der Waals surface area contributed by atoms with E-state index in [1.807, 2.05) is 0 Å². The van der Waals surface area contributed by atoms with Gasteiger partial charge in [-0.15, -0.1) is 0 Å². The molecule has 0 bridgehead atoms. The number of fused-ring (bicyclic) bond motifs is 2. The highest BCUT2D eigenvalue weighted by Crippen LogP contribution is 2.29. The molecule has 2 aliphatic rings. The lowest BCUT2D eigenvalue weighted by molar-refractivity contribution is -0.119. The highest BCUT2D eigenvalue weighted by molar-refractivity contribution is 6.64. The van der Waals surface area contributed by atoms with Gasteiger partial charge >= 0.3 is 12.0 Å². The summed E-state index contributed by atoms with van der Waals surface area (Å²) in [5.74, 6) is -2.59. The number of nitrogens with two attached hydrogens (primary N) is 1. The average molecular weight is 755 g/mol. The second-order valence-corrected chi connectivity index (χ2v) is 12.5. The smallest absolute Gasteiger partial charge is 0.324 e. The van der Waals surface area contributed by atoms with E-state index in [1.54, 1.807) is 0 Å². The molecule has 2 saturated carbocycles. The third kappa shape index (κ3) is 9.31. The van der Waals surface area contributed by atoms with Crippen molar-refractivity contribution in [2.45, 2.75) is 51.4 Å². The third-order valence-electron chi connectivity index (χ3n) is 8.45. The van der Waals surface area contributed by atoms with E-state index in [-0.39, 0.29) is 52.2 Å². The molecule has 0 saturated heterocycles. The number of carbonyl (C=O) groups is 2. The number of aromatic amines is 2. The summed E-state index contributed by atoms with van der Waals surface area (Å²) < 4.78 is 63.1. The zero-order chi connectivity index (χ0) is 37.5. The summed E-state index contributed by atoms with van der Waals surface area (Å²) in [5, 5.41) is 16.8. The van der Waals surface area contributed by atoms with E-state index in [9.17, 15) is 27.2 Å². The van der Waals surface area contributed by atoms with Crippen molar-refractivity contribution >= 4 is 56.5 Å². The van der Waals surface area contributed by atoms with Crippen LogP contribution in [-0.4, -0.2) is 51.5 Å². The molecule has 1 amide bonds. The number of halogens is 5. The van der Waals surface area contributed by atoms with E-state index in [2.05, 4.69) is 45.6 Å². The molecule has 6 aromatic rings. The van der Waals surface area contributed by atoms with Crippen LogP contribution in [-0.2, 0) is 9.59 Å². The first-order valence-corrected chi connectivity index (χ1v) is 16.9. The quantitative estimate of drug-likeness (QED) is 0.0929. The summed E-state index contributed by atoms with van der Waals surface area (Å²) in [7, 11) is 0. The molecule has 4 heterocycles. The van der Waals surface area contributed by atoms with Crippen molar-refractivity contribution in [1.29, 1.82) is 0 Å². The molecule has 5 N–H and O–H groups in total. The molecule has 0 unspecified atom stereocenters. The third-order valence-corrected chi connectivity index (χ3v) is 8.76. The van der Waals surface area contributed by atoms with Gasteiger partial charge in [-0.1, -0.05) is 25.7 Å². The van der Waals surface area contributed by atoms with Gasteiger partial charge in [-0.25, -0.2) is 27.5 Å². The van der Waals surface area contributed by atoms with Crippen LogP contribution in [0, 0.1) is 35.1 Å². The van der Waals surface area contributed by atoms with Gasteiger partial charge in [-0.05, 0) is 61.5 Å². The number of nitrogens with one attached hydrogen (secondary N) is 3. The van der Waals surface area contributed by atoms with Crippen molar-refractivity contribution in [2.75, 3.05) is 11.1 Å². The van der Waals surface area contributed by atoms with Gasteiger partial charge < -0.3 is 20.5 Å². The predicted octanol–water partition coefficient (Wildman–Crippen LogP) is 7.50. The number of anilines is 2. The van der Waals surface area contributed by atoms with Crippen LogP contribution >= 0.6 is 11.6 Å². The fraction of sp³-hybridized carbons (Fsp3) is 0.294. The number of carbonyl (C=O) groups excluding carboxylic acids is 2. The Bertz CT molecular complexity index is 2240. The van der Waals surface area contributed by atoms with Crippen molar-refractivity contribution < 1.29 is 36.6 Å². The SMILES string of the molecule is Nc1[nH]nc2nc(Oc3ccc(F)cc3F)ncc12.O=C(Cl)C1CCCC1.O=C(Nc1[nH]nc2nc(Oc3ccc(F)cc3F)ncc12)C1CCCC1. The molecule has 8 rings (SSSR count). The molecule has 19 heteroatoms. The Morgan fingerprint density at radius 3 is 1.74 bits per heavy atom. The number of aromatic nitrogens is 8. The molecule has 2 fully saturated rings. The first kappa shape index (κ1) is 36.9. The summed E-state index contributed by atoms with van der Waals surface area (Å²) >= 11 is 5.25. The van der Waals surface area contributed by atoms with Crippen molar-refractivity contribution in [1.82, 2.24) is 40.3 Å². The van der Waals surface area contributed by atoms with E-state index >= 15 is 0 Å².